The van der Waals surface area contributed by atoms with Gasteiger partial charge in [0.05, 0.1) is 0 Å². The maximum atomic E-state index is 5.63. The molecule has 3 rings (SSSR count). The van der Waals surface area contributed by atoms with Gasteiger partial charge in [-0.3, -0.25) is 4.98 Å². The van der Waals surface area contributed by atoms with Gasteiger partial charge >= 0.3 is 0 Å². The molecular weight excluding hydrogens is 252 g/mol. The van der Waals surface area contributed by atoms with E-state index in [0.717, 1.165) is 16.8 Å². The van der Waals surface area contributed by atoms with Gasteiger partial charge in [-0.2, -0.15) is 4.98 Å². The molecule has 2 aromatic heterocycles. The van der Waals surface area contributed by atoms with Crippen LogP contribution in [0.3, 0.4) is 0 Å². The number of pyridine rings is 1. The highest BCUT2D eigenvalue weighted by molar-refractivity contribution is 5.67. The minimum absolute atomic E-state index is 0.452. The van der Waals surface area contributed by atoms with Crippen LogP contribution in [0.15, 0.2) is 53.3 Å². The van der Waals surface area contributed by atoms with Crippen molar-refractivity contribution in [2.24, 2.45) is 0 Å². The lowest BCUT2D eigenvalue weighted by Gasteiger charge is -1.93. The zero-order chi connectivity index (χ0) is 13.8. The van der Waals surface area contributed by atoms with Crippen molar-refractivity contribution in [2.45, 2.75) is 0 Å². The number of nitrogens with zero attached hydrogens (tertiary/aromatic N) is 3. The lowest BCUT2D eigenvalue weighted by molar-refractivity contribution is 0.411. The fourth-order valence-electron chi connectivity index (χ4n) is 1.70. The first-order chi connectivity index (χ1) is 9.81. The van der Waals surface area contributed by atoms with Crippen molar-refractivity contribution in [2.75, 3.05) is 5.73 Å². The number of anilines is 1. The molecular formula is C15H12N4O. The summed E-state index contributed by atoms with van der Waals surface area (Å²) < 4.78 is 5.17. The van der Waals surface area contributed by atoms with Crippen LogP contribution in [0.25, 0.3) is 23.5 Å². The minimum Gasteiger partial charge on any atom is -0.399 e. The second-order valence-corrected chi connectivity index (χ2v) is 4.19. The third kappa shape index (κ3) is 2.72. The van der Waals surface area contributed by atoms with Crippen molar-refractivity contribution >= 4 is 17.8 Å². The van der Waals surface area contributed by atoms with E-state index in [9.17, 15) is 0 Å². The first kappa shape index (κ1) is 12.1. The van der Waals surface area contributed by atoms with Crippen molar-refractivity contribution < 1.29 is 4.52 Å². The molecule has 0 fully saturated rings. The van der Waals surface area contributed by atoms with E-state index in [1.807, 2.05) is 42.5 Å². The molecule has 0 unspecified atom stereocenters. The topological polar surface area (TPSA) is 77.8 Å². The summed E-state index contributed by atoms with van der Waals surface area (Å²) in [6.07, 6.45) is 7.04. The normalized spacial score (nSPS) is 11.0. The van der Waals surface area contributed by atoms with E-state index >= 15 is 0 Å². The van der Waals surface area contributed by atoms with Crippen molar-refractivity contribution in [3.8, 4) is 11.4 Å². The van der Waals surface area contributed by atoms with Crippen LogP contribution >= 0.6 is 0 Å². The molecule has 5 nitrogen and oxygen atoms in total. The molecule has 0 saturated heterocycles. The van der Waals surface area contributed by atoms with Gasteiger partial charge in [-0.15, -0.1) is 0 Å². The Morgan fingerprint density at radius 3 is 2.45 bits per heavy atom. The maximum Gasteiger partial charge on any atom is 0.250 e. The zero-order valence-electron chi connectivity index (χ0n) is 10.6. The molecule has 0 saturated carbocycles. The Balaban J connectivity index is 1.79. The molecule has 0 bridgehead atoms. The molecule has 0 spiro atoms. The van der Waals surface area contributed by atoms with Crippen LogP contribution in [0.4, 0.5) is 5.69 Å². The molecule has 5 heteroatoms. The van der Waals surface area contributed by atoms with Crippen molar-refractivity contribution in [3.63, 3.8) is 0 Å². The van der Waals surface area contributed by atoms with Crippen LogP contribution in [0, 0.1) is 0 Å². The van der Waals surface area contributed by atoms with Gasteiger partial charge in [-0.25, -0.2) is 0 Å². The fraction of sp³-hybridized carbons (Fsp3) is 0. The van der Waals surface area contributed by atoms with E-state index in [1.54, 1.807) is 18.5 Å². The lowest BCUT2D eigenvalue weighted by atomic mass is 10.2. The second kappa shape index (κ2) is 5.36. The molecule has 0 aliphatic rings. The Hall–Kier alpha value is -2.95. The first-order valence-corrected chi connectivity index (χ1v) is 6.09. The van der Waals surface area contributed by atoms with Crippen molar-refractivity contribution in [1.82, 2.24) is 15.1 Å². The third-order valence-electron chi connectivity index (χ3n) is 2.74. The van der Waals surface area contributed by atoms with Crippen LogP contribution < -0.4 is 5.73 Å². The Labute approximate surface area is 115 Å². The molecule has 1 aromatic carbocycles. The molecule has 20 heavy (non-hydrogen) atoms. The summed E-state index contributed by atoms with van der Waals surface area (Å²) in [5.41, 5.74) is 8.26. The first-order valence-electron chi connectivity index (χ1n) is 6.09. The Morgan fingerprint density at radius 2 is 1.70 bits per heavy atom. The van der Waals surface area contributed by atoms with Crippen LogP contribution in [0.1, 0.15) is 11.5 Å². The second-order valence-electron chi connectivity index (χ2n) is 4.19. The van der Waals surface area contributed by atoms with Gasteiger partial charge in [0, 0.05) is 29.7 Å². The lowest BCUT2D eigenvalue weighted by Crippen LogP contribution is -1.82. The quantitative estimate of drug-likeness (QED) is 0.736. The van der Waals surface area contributed by atoms with Gasteiger partial charge in [-0.1, -0.05) is 17.3 Å². The Bertz CT molecular complexity index is 717. The van der Waals surface area contributed by atoms with E-state index in [0.29, 0.717) is 11.7 Å². The zero-order valence-corrected chi connectivity index (χ0v) is 10.6. The number of hydrogen-bond acceptors (Lipinski definition) is 5. The number of benzene rings is 1. The van der Waals surface area contributed by atoms with Crippen molar-refractivity contribution in [3.05, 3.63) is 60.2 Å². The van der Waals surface area contributed by atoms with Gasteiger partial charge in [0.2, 0.25) is 5.82 Å². The predicted octanol–water partition coefficient (Wildman–Crippen LogP) is 2.88. The molecule has 98 valence electrons. The van der Waals surface area contributed by atoms with E-state index < -0.39 is 0 Å². The summed E-state index contributed by atoms with van der Waals surface area (Å²) in [6.45, 7) is 0. The van der Waals surface area contributed by atoms with Crippen LogP contribution in [-0.2, 0) is 0 Å². The minimum atomic E-state index is 0.452. The highest BCUT2D eigenvalue weighted by atomic mass is 16.5. The van der Waals surface area contributed by atoms with Gasteiger partial charge in [-0.05, 0) is 35.9 Å². The van der Waals surface area contributed by atoms with Crippen LogP contribution in [0.5, 0.6) is 0 Å². The molecule has 2 N–H and O–H groups in total. The average molecular weight is 264 g/mol. The number of hydrogen-bond donors (Lipinski definition) is 1. The smallest absolute Gasteiger partial charge is 0.250 e. The Morgan fingerprint density at radius 1 is 0.950 bits per heavy atom. The van der Waals surface area contributed by atoms with E-state index in [-0.39, 0.29) is 0 Å². The average Bonchev–Trinajstić information content (AvgIpc) is 2.97. The van der Waals surface area contributed by atoms with Gasteiger partial charge in [0.15, 0.2) is 0 Å². The molecule has 3 aromatic rings. The molecule has 0 atom stereocenters. The highest BCUT2D eigenvalue weighted by Crippen LogP contribution is 2.15. The van der Waals surface area contributed by atoms with Gasteiger partial charge in [0.1, 0.15) is 0 Å². The van der Waals surface area contributed by atoms with Crippen molar-refractivity contribution in [1.29, 1.82) is 0 Å². The third-order valence-corrected chi connectivity index (χ3v) is 2.74. The van der Waals surface area contributed by atoms with Gasteiger partial charge < -0.3 is 10.3 Å². The summed E-state index contributed by atoms with van der Waals surface area (Å²) in [7, 11) is 0. The number of rotatable bonds is 3. The predicted molar refractivity (Wildman–Crippen MR) is 77.3 cm³/mol. The molecule has 0 aliphatic carbocycles. The van der Waals surface area contributed by atoms with E-state index in [2.05, 4.69) is 15.1 Å². The van der Waals surface area contributed by atoms with Crippen LogP contribution in [-0.4, -0.2) is 15.1 Å². The van der Waals surface area contributed by atoms with E-state index in [4.69, 9.17) is 10.3 Å². The summed E-state index contributed by atoms with van der Waals surface area (Å²) >= 11 is 0. The summed E-state index contributed by atoms with van der Waals surface area (Å²) in [4.78, 5) is 8.25. The van der Waals surface area contributed by atoms with E-state index in [1.165, 1.54) is 0 Å². The molecule has 0 radical (unpaired) electrons. The largest absolute Gasteiger partial charge is 0.399 e. The molecule has 0 amide bonds. The number of aromatic nitrogens is 3. The standard InChI is InChI=1S/C15H12N4O/c16-13-4-1-11(2-5-13)3-6-14-18-15(19-20-14)12-7-9-17-10-8-12/h1-10H,16H2/b6-3+. The fourth-order valence-corrected chi connectivity index (χ4v) is 1.70. The van der Waals surface area contributed by atoms with Crippen LogP contribution in [0.2, 0.25) is 0 Å². The monoisotopic (exact) mass is 264 g/mol. The number of nitrogen functional groups attached to an aromatic ring is 1. The maximum absolute atomic E-state index is 5.63. The van der Waals surface area contributed by atoms with Gasteiger partial charge in [0.25, 0.3) is 5.89 Å². The highest BCUT2D eigenvalue weighted by Gasteiger charge is 2.05. The Kier molecular flexibility index (Phi) is 3.24. The summed E-state index contributed by atoms with van der Waals surface area (Å²) in [6, 6.07) is 11.2. The molecule has 2 heterocycles. The molecule has 0 aliphatic heterocycles. The SMILES string of the molecule is Nc1ccc(/C=C/c2nc(-c3ccncc3)no2)cc1. The summed E-state index contributed by atoms with van der Waals surface area (Å²) in [5, 5.41) is 3.93. The number of nitrogens with two attached hydrogens (primary N) is 1. The summed E-state index contributed by atoms with van der Waals surface area (Å²) in [5.74, 6) is 0.998.